The third-order valence-electron chi connectivity index (χ3n) is 7.41. The number of nitrogens with zero attached hydrogens (tertiary/aromatic N) is 5. The van der Waals surface area contributed by atoms with Crippen molar-refractivity contribution in [2.75, 3.05) is 18.1 Å². The summed E-state index contributed by atoms with van der Waals surface area (Å²) in [5.41, 5.74) is 2.17. The van der Waals surface area contributed by atoms with Crippen LogP contribution in [0.15, 0.2) is 41.3 Å². The molecule has 1 aliphatic carbocycles. The van der Waals surface area contributed by atoms with Gasteiger partial charge in [0.1, 0.15) is 30.3 Å². The Labute approximate surface area is 218 Å². The maximum absolute atomic E-state index is 12.8. The standard InChI is InChI=1S/C27H26N6O5/c28-13-16-10-22-19(30-14-16)3-7-26(35)32(22)9-1-8-29-17-2-4-21-24(11-17)38-27(36)33(21)25-6-5-23-20(31-25)12-18(34)15-37-23/h3,5-7,10,14,17,21,24,29H,1-2,4,8-9,11-12,15H2/t17-,21-,24-/m0/s1. The van der Waals surface area contributed by atoms with Gasteiger partial charge in [-0.3, -0.25) is 19.5 Å². The monoisotopic (exact) mass is 514 g/mol. The molecular formula is C27H26N6O5. The van der Waals surface area contributed by atoms with E-state index in [-0.39, 0.29) is 42.6 Å². The molecular weight excluding hydrogens is 488 g/mol. The average Bonchev–Trinajstić information content (AvgIpc) is 3.26. The lowest BCUT2D eigenvalue weighted by Gasteiger charge is -2.33. The molecule has 3 aromatic heterocycles. The first-order chi connectivity index (χ1) is 18.5. The molecule has 0 radical (unpaired) electrons. The summed E-state index contributed by atoms with van der Waals surface area (Å²) in [7, 11) is 0. The third-order valence-corrected chi connectivity index (χ3v) is 7.41. The molecule has 11 nitrogen and oxygen atoms in total. The number of nitrogens with one attached hydrogen (secondary N) is 1. The van der Waals surface area contributed by atoms with Gasteiger partial charge in [0.2, 0.25) is 0 Å². The fourth-order valence-corrected chi connectivity index (χ4v) is 5.57. The van der Waals surface area contributed by atoms with Crippen molar-refractivity contribution in [3.8, 4) is 11.8 Å². The molecule has 0 aromatic carbocycles. The van der Waals surface area contributed by atoms with E-state index in [1.54, 1.807) is 33.7 Å². The van der Waals surface area contributed by atoms with Crippen LogP contribution in [0.2, 0.25) is 0 Å². The van der Waals surface area contributed by atoms with Gasteiger partial charge in [-0.15, -0.1) is 0 Å². The number of rotatable bonds is 6. The van der Waals surface area contributed by atoms with E-state index in [9.17, 15) is 19.6 Å². The summed E-state index contributed by atoms with van der Waals surface area (Å²) < 4.78 is 12.8. The molecule has 1 saturated heterocycles. The zero-order chi connectivity index (χ0) is 26.2. The number of ether oxygens (including phenoxy) is 2. The molecule has 1 saturated carbocycles. The van der Waals surface area contributed by atoms with Gasteiger partial charge in [-0.1, -0.05) is 0 Å². The average molecular weight is 515 g/mol. The molecule has 11 heteroatoms. The molecule has 3 aliphatic rings. The van der Waals surface area contributed by atoms with E-state index in [2.05, 4.69) is 21.4 Å². The summed E-state index contributed by atoms with van der Waals surface area (Å²) in [6, 6.07) is 10.5. The molecule has 0 unspecified atom stereocenters. The largest absolute Gasteiger partial charge is 0.484 e. The second-order valence-electron chi connectivity index (χ2n) is 9.86. The summed E-state index contributed by atoms with van der Waals surface area (Å²) in [5, 5.41) is 12.7. The van der Waals surface area contributed by atoms with E-state index < -0.39 is 6.09 Å². The van der Waals surface area contributed by atoms with Crippen LogP contribution in [0, 0.1) is 11.3 Å². The van der Waals surface area contributed by atoms with Crippen molar-refractivity contribution < 1.29 is 19.1 Å². The van der Waals surface area contributed by atoms with Crippen LogP contribution in [0.25, 0.3) is 11.0 Å². The van der Waals surface area contributed by atoms with E-state index in [0.29, 0.717) is 59.8 Å². The topological polar surface area (TPSA) is 139 Å². The lowest BCUT2D eigenvalue weighted by Crippen LogP contribution is -2.46. The lowest BCUT2D eigenvalue weighted by atomic mass is 9.88. The molecule has 3 aromatic rings. The highest BCUT2D eigenvalue weighted by Crippen LogP contribution is 2.36. The predicted molar refractivity (Wildman–Crippen MR) is 136 cm³/mol. The van der Waals surface area contributed by atoms with E-state index in [1.165, 1.54) is 12.3 Å². The molecule has 194 valence electrons. The summed E-state index contributed by atoms with van der Waals surface area (Å²) in [6.07, 6.45) is 4.06. The number of carbonyl (C=O) groups is 2. The highest BCUT2D eigenvalue weighted by molar-refractivity contribution is 5.90. The minimum Gasteiger partial charge on any atom is -0.484 e. The minimum atomic E-state index is -0.420. The van der Waals surface area contributed by atoms with E-state index >= 15 is 0 Å². The second kappa shape index (κ2) is 9.87. The van der Waals surface area contributed by atoms with Gasteiger partial charge < -0.3 is 19.4 Å². The Hall–Kier alpha value is -4.30. The van der Waals surface area contributed by atoms with Crippen LogP contribution >= 0.6 is 0 Å². The Morgan fingerprint density at radius 3 is 2.92 bits per heavy atom. The van der Waals surface area contributed by atoms with Crippen LogP contribution in [0.1, 0.15) is 36.9 Å². The number of anilines is 1. The number of aromatic nitrogens is 3. The SMILES string of the molecule is N#Cc1cnc2ccc(=O)n(CCCN[C@H]3CC[C@H]4[C@H](C3)OC(=O)N4c3ccc4c(n3)CC(=O)CO4)c2c1. The van der Waals surface area contributed by atoms with Crippen LogP contribution < -0.4 is 20.5 Å². The summed E-state index contributed by atoms with van der Waals surface area (Å²) in [6.45, 7) is 1.24. The maximum atomic E-state index is 12.8. The summed E-state index contributed by atoms with van der Waals surface area (Å²) in [4.78, 5) is 47.4. The quantitative estimate of drug-likeness (QED) is 0.490. The number of Topliss-reactive ketones (excluding diaryl/α,β-unsaturated/α-hetero) is 1. The minimum absolute atomic E-state index is 0.0375. The normalized spacial score (nSPS) is 22.4. The fraction of sp³-hybridized carbons (Fsp3) is 0.407. The fourth-order valence-electron chi connectivity index (χ4n) is 5.57. The van der Waals surface area contributed by atoms with Crippen LogP contribution in [0.4, 0.5) is 10.6 Å². The molecule has 38 heavy (non-hydrogen) atoms. The van der Waals surface area contributed by atoms with Crippen molar-refractivity contribution in [3.63, 3.8) is 0 Å². The number of hydrogen-bond acceptors (Lipinski definition) is 9. The van der Waals surface area contributed by atoms with Gasteiger partial charge in [0, 0.05) is 31.3 Å². The van der Waals surface area contributed by atoms with Gasteiger partial charge in [0.05, 0.1) is 34.8 Å². The Morgan fingerprint density at radius 1 is 1.16 bits per heavy atom. The van der Waals surface area contributed by atoms with Crippen molar-refractivity contribution in [2.24, 2.45) is 0 Å². The first kappa shape index (κ1) is 24.1. The van der Waals surface area contributed by atoms with Crippen LogP contribution in [-0.4, -0.2) is 57.8 Å². The number of hydrogen-bond donors (Lipinski definition) is 1. The maximum Gasteiger partial charge on any atom is 0.416 e. The van der Waals surface area contributed by atoms with Gasteiger partial charge in [-0.2, -0.15) is 5.26 Å². The van der Waals surface area contributed by atoms with Gasteiger partial charge in [-0.05, 0) is 50.1 Å². The Kier molecular flexibility index (Phi) is 6.25. The molecule has 3 atom stereocenters. The van der Waals surface area contributed by atoms with Crippen molar-refractivity contribution >= 4 is 28.7 Å². The molecule has 2 fully saturated rings. The van der Waals surface area contributed by atoms with Crippen LogP contribution in [-0.2, 0) is 22.5 Å². The number of fused-ring (bicyclic) bond motifs is 3. The first-order valence-electron chi connectivity index (χ1n) is 12.8. The van der Waals surface area contributed by atoms with Crippen molar-refractivity contribution in [2.45, 2.75) is 56.8 Å². The Morgan fingerprint density at radius 2 is 2.05 bits per heavy atom. The van der Waals surface area contributed by atoms with Crippen LogP contribution in [0.3, 0.4) is 0 Å². The van der Waals surface area contributed by atoms with E-state index in [0.717, 1.165) is 12.8 Å². The zero-order valence-electron chi connectivity index (χ0n) is 20.6. The van der Waals surface area contributed by atoms with Gasteiger partial charge >= 0.3 is 6.09 Å². The summed E-state index contributed by atoms with van der Waals surface area (Å²) in [5.74, 6) is 1.03. The van der Waals surface area contributed by atoms with Crippen molar-refractivity contribution in [1.29, 1.82) is 5.26 Å². The lowest BCUT2D eigenvalue weighted by molar-refractivity contribution is -0.121. The molecule has 1 N–H and O–H groups in total. The number of nitriles is 1. The second-order valence-corrected chi connectivity index (χ2v) is 9.86. The molecule has 2 aliphatic heterocycles. The number of aryl methyl sites for hydroxylation is 1. The smallest absolute Gasteiger partial charge is 0.416 e. The van der Waals surface area contributed by atoms with Gasteiger partial charge in [0.25, 0.3) is 5.56 Å². The third kappa shape index (κ3) is 4.48. The highest BCUT2D eigenvalue weighted by Gasteiger charge is 2.46. The number of carbonyl (C=O) groups excluding carboxylic acids is 2. The highest BCUT2D eigenvalue weighted by atomic mass is 16.6. The Bertz CT molecular complexity index is 1530. The number of amides is 1. The molecule has 0 spiro atoms. The van der Waals surface area contributed by atoms with Gasteiger partial charge in [-0.25, -0.2) is 9.78 Å². The molecule has 5 heterocycles. The van der Waals surface area contributed by atoms with E-state index in [4.69, 9.17) is 9.47 Å². The van der Waals surface area contributed by atoms with E-state index in [1.807, 2.05) is 0 Å². The van der Waals surface area contributed by atoms with Gasteiger partial charge in [0.15, 0.2) is 5.78 Å². The van der Waals surface area contributed by atoms with Crippen molar-refractivity contribution in [1.82, 2.24) is 19.9 Å². The number of ketones is 1. The predicted octanol–water partition coefficient (Wildman–Crippen LogP) is 2.09. The Balaban J connectivity index is 1.06. The zero-order valence-corrected chi connectivity index (χ0v) is 20.6. The molecule has 6 rings (SSSR count). The molecule has 1 amide bonds. The van der Waals surface area contributed by atoms with Crippen LogP contribution in [0.5, 0.6) is 5.75 Å². The number of pyridine rings is 3. The molecule has 0 bridgehead atoms. The van der Waals surface area contributed by atoms with Crippen molar-refractivity contribution in [3.05, 3.63) is 58.1 Å². The first-order valence-corrected chi connectivity index (χ1v) is 12.8. The summed E-state index contributed by atoms with van der Waals surface area (Å²) >= 11 is 0.